The van der Waals surface area contributed by atoms with Crippen molar-refractivity contribution in [2.75, 3.05) is 0 Å². The average molecular weight is 118 g/mol. The second-order valence-electron chi connectivity index (χ2n) is 2.44. The van der Waals surface area contributed by atoms with Gasteiger partial charge in [-0.15, -0.1) is 6.10 Å². The molecule has 0 aromatic heterocycles. The number of rotatable bonds is 0. The van der Waals surface area contributed by atoms with Crippen LogP contribution in [0, 0.1) is 0 Å². The standard InChI is InChI=1S/C7H11O.Li/c1-6-3-2-4-7(8)5-6;/h5,7H,2-4H2,1H3;/q-1;+1. The molecule has 0 radical (unpaired) electrons. The van der Waals surface area contributed by atoms with Crippen LogP contribution in [0.15, 0.2) is 11.6 Å². The molecular weight excluding hydrogens is 107 g/mol. The summed E-state index contributed by atoms with van der Waals surface area (Å²) in [5, 5.41) is 10.7. The van der Waals surface area contributed by atoms with Crippen LogP contribution in [0.4, 0.5) is 0 Å². The minimum atomic E-state index is -0.399. The van der Waals surface area contributed by atoms with Crippen molar-refractivity contribution in [1.82, 2.24) is 0 Å². The Kier molecular flexibility index (Phi) is 4.30. The summed E-state index contributed by atoms with van der Waals surface area (Å²) in [6, 6.07) is 0. The molecule has 0 aliphatic heterocycles. The van der Waals surface area contributed by atoms with E-state index in [0.717, 1.165) is 19.3 Å². The number of hydrogen-bond acceptors (Lipinski definition) is 1. The second kappa shape index (κ2) is 4.17. The van der Waals surface area contributed by atoms with Crippen LogP contribution in [0.5, 0.6) is 0 Å². The molecule has 0 aromatic carbocycles. The fourth-order valence-electron chi connectivity index (χ4n) is 1.07. The summed E-state index contributed by atoms with van der Waals surface area (Å²) in [5.74, 6) is 0. The van der Waals surface area contributed by atoms with Gasteiger partial charge in [0.1, 0.15) is 0 Å². The first kappa shape index (κ1) is 9.30. The van der Waals surface area contributed by atoms with E-state index in [-0.39, 0.29) is 18.9 Å². The Balaban J connectivity index is 0.000000640. The van der Waals surface area contributed by atoms with E-state index in [4.69, 9.17) is 0 Å². The minimum absolute atomic E-state index is 0. The smallest absolute Gasteiger partial charge is 0.849 e. The Morgan fingerprint density at radius 2 is 2.33 bits per heavy atom. The van der Waals surface area contributed by atoms with Gasteiger partial charge in [-0.2, -0.15) is 0 Å². The van der Waals surface area contributed by atoms with Crippen LogP contribution in [-0.2, 0) is 0 Å². The third-order valence-corrected chi connectivity index (χ3v) is 1.53. The molecular formula is C7H11LiO. The first-order valence-electron chi connectivity index (χ1n) is 3.12. The molecule has 1 aliphatic carbocycles. The van der Waals surface area contributed by atoms with Gasteiger partial charge in [-0.1, -0.05) is 24.5 Å². The van der Waals surface area contributed by atoms with Crippen LogP contribution in [0.3, 0.4) is 0 Å². The van der Waals surface area contributed by atoms with Crippen molar-refractivity contribution in [3.8, 4) is 0 Å². The molecule has 0 heterocycles. The molecule has 1 nitrogen and oxygen atoms in total. The van der Waals surface area contributed by atoms with E-state index in [1.54, 1.807) is 0 Å². The Morgan fingerprint density at radius 1 is 1.67 bits per heavy atom. The van der Waals surface area contributed by atoms with Crippen molar-refractivity contribution in [1.29, 1.82) is 0 Å². The van der Waals surface area contributed by atoms with E-state index >= 15 is 0 Å². The zero-order valence-electron chi connectivity index (χ0n) is 6.18. The molecule has 9 heavy (non-hydrogen) atoms. The quantitative estimate of drug-likeness (QED) is 0.263. The van der Waals surface area contributed by atoms with E-state index in [1.807, 2.05) is 13.0 Å². The molecule has 0 saturated carbocycles. The van der Waals surface area contributed by atoms with Crippen LogP contribution in [0.1, 0.15) is 26.2 Å². The Bertz CT molecular complexity index is 109. The molecule has 1 unspecified atom stereocenters. The maximum atomic E-state index is 10.7. The SMILES string of the molecule is CC1=CC([O-])CCC1.[Li+]. The van der Waals surface area contributed by atoms with Gasteiger partial charge in [0.05, 0.1) is 0 Å². The molecule has 1 atom stereocenters. The van der Waals surface area contributed by atoms with Crippen molar-refractivity contribution in [3.63, 3.8) is 0 Å². The van der Waals surface area contributed by atoms with Crippen molar-refractivity contribution in [3.05, 3.63) is 11.6 Å². The average Bonchev–Trinajstić information content (AvgIpc) is 1.64. The number of hydrogen-bond donors (Lipinski definition) is 0. The summed E-state index contributed by atoms with van der Waals surface area (Å²) in [6.45, 7) is 2.03. The molecule has 0 saturated heterocycles. The molecule has 46 valence electrons. The van der Waals surface area contributed by atoms with Crippen LogP contribution in [0.2, 0.25) is 0 Å². The minimum Gasteiger partial charge on any atom is -0.849 e. The topological polar surface area (TPSA) is 23.1 Å². The van der Waals surface area contributed by atoms with Crippen LogP contribution in [-0.4, -0.2) is 6.10 Å². The van der Waals surface area contributed by atoms with Crippen molar-refractivity contribution >= 4 is 0 Å². The van der Waals surface area contributed by atoms with Gasteiger partial charge in [0.25, 0.3) is 0 Å². The van der Waals surface area contributed by atoms with E-state index in [0.29, 0.717) is 0 Å². The van der Waals surface area contributed by atoms with Gasteiger partial charge < -0.3 is 5.11 Å². The maximum absolute atomic E-state index is 10.7. The molecule has 0 spiro atoms. The van der Waals surface area contributed by atoms with Gasteiger partial charge >= 0.3 is 18.9 Å². The molecule has 0 aromatic rings. The summed E-state index contributed by atoms with van der Waals surface area (Å²) >= 11 is 0. The Hall–Kier alpha value is 0.297. The third-order valence-electron chi connectivity index (χ3n) is 1.53. The largest absolute Gasteiger partial charge is 1.00 e. The van der Waals surface area contributed by atoms with E-state index in [2.05, 4.69) is 0 Å². The van der Waals surface area contributed by atoms with Gasteiger partial charge in [-0.25, -0.2) is 0 Å². The number of allylic oxidation sites excluding steroid dienone is 1. The molecule has 1 rings (SSSR count). The fraction of sp³-hybridized carbons (Fsp3) is 0.714. The molecule has 0 bridgehead atoms. The fourth-order valence-corrected chi connectivity index (χ4v) is 1.07. The van der Waals surface area contributed by atoms with Gasteiger partial charge in [-0.05, 0) is 13.3 Å². The molecule has 0 N–H and O–H groups in total. The van der Waals surface area contributed by atoms with E-state index in [9.17, 15) is 5.11 Å². The van der Waals surface area contributed by atoms with Gasteiger partial charge in [0.15, 0.2) is 0 Å². The molecule has 0 fully saturated rings. The molecule has 0 amide bonds. The normalized spacial score (nSPS) is 26.4. The summed E-state index contributed by atoms with van der Waals surface area (Å²) in [6.07, 6.45) is 4.51. The Labute approximate surface area is 68.3 Å². The monoisotopic (exact) mass is 118 g/mol. The summed E-state index contributed by atoms with van der Waals surface area (Å²) < 4.78 is 0. The first-order chi connectivity index (χ1) is 3.79. The predicted molar refractivity (Wildman–Crippen MR) is 31.4 cm³/mol. The van der Waals surface area contributed by atoms with Crippen LogP contribution < -0.4 is 24.0 Å². The third kappa shape index (κ3) is 3.10. The van der Waals surface area contributed by atoms with Crippen molar-refractivity contribution < 1.29 is 24.0 Å². The zero-order valence-corrected chi connectivity index (χ0v) is 6.18. The van der Waals surface area contributed by atoms with Crippen LogP contribution >= 0.6 is 0 Å². The summed E-state index contributed by atoms with van der Waals surface area (Å²) in [7, 11) is 0. The molecule has 2 heteroatoms. The zero-order chi connectivity index (χ0) is 5.98. The second-order valence-corrected chi connectivity index (χ2v) is 2.44. The maximum Gasteiger partial charge on any atom is 1.00 e. The summed E-state index contributed by atoms with van der Waals surface area (Å²) in [5.41, 5.74) is 1.27. The Morgan fingerprint density at radius 3 is 2.67 bits per heavy atom. The first-order valence-corrected chi connectivity index (χ1v) is 3.12. The molecule has 1 aliphatic rings. The van der Waals surface area contributed by atoms with E-state index < -0.39 is 6.10 Å². The predicted octanol–water partition coefficient (Wildman–Crippen LogP) is -2.15. The van der Waals surface area contributed by atoms with E-state index in [1.165, 1.54) is 5.57 Å². The van der Waals surface area contributed by atoms with Crippen molar-refractivity contribution in [2.45, 2.75) is 32.3 Å². The van der Waals surface area contributed by atoms with Gasteiger partial charge in [-0.3, -0.25) is 0 Å². The van der Waals surface area contributed by atoms with Crippen molar-refractivity contribution in [2.24, 2.45) is 0 Å². The van der Waals surface area contributed by atoms with Gasteiger partial charge in [0.2, 0.25) is 0 Å². The summed E-state index contributed by atoms with van der Waals surface area (Å²) in [4.78, 5) is 0. The van der Waals surface area contributed by atoms with Gasteiger partial charge in [0, 0.05) is 0 Å². The van der Waals surface area contributed by atoms with Crippen LogP contribution in [0.25, 0.3) is 0 Å².